The minimum Gasteiger partial charge on any atom is -0.370 e. The number of carbonyl (C=O) groups excluding carboxylic acids is 1. The highest BCUT2D eigenvalue weighted by atomic mass is 16.1. The number of rotatable bonds is 8. The van der Waals surface area contributed by atoms with Crippen LogP contribution in [0.5, 0.6) is 0 Å². The largest absolute Gasteiger partial charge is 0.370 e. The maximum Gasteiger partial charge on any atom is 0.217 e. The van der Waals surface area contributed by atoms with Crippen molar-refractivity contribution in [3.05, 3.63) is 24.0 Å². The predicted molar refractivity (Wildman–Crippen MR) is 64.9 cm³/mol. The summed E-state index contributed by atoms with van der Waals surface area (Å²) in [6.07, 6.45) is 4.45. The van der Waals surface area contributed by atoms with Crippen molar-refractivity contribution in [1.29, 1.82) is 0 Å². The molecule has 0 aliphatic carbocycles. The lowest BCUT2D eigenvalue weighted by atomic mass is 10.2. The van der Waals surface area contributed by atoms with E-state index in [1.165, 1.54) is 5.69 Å². The second-order valence-corrected chi connectivity index (χ2v) is 3.89. The number of nitrogens with two attached hydrogens (primary N) is 1. The van der Waals surface area contributed by atoms with Crippen LogP contribution in [0.1, 0.15) is 31.9 Å². The third kappa shape index (κ3) is 4.49. The van der Waals surface area contributed by atoms with Crippen molar-refractivity contribution in [2.75, 3.05) is 6.54 Å². The van der Waals surface area contributed by atoms with E-state index in [1.54, 1.807) is 0 Å². The first-order valence-electron chi connectivity index (χ1n) is 5.87. The quantitative estimate of drug-likeness (QED) is 0.652. The number of primary amides is 1. The third-order valence-corrected chi connectivity index (χ3v) is 2.60. The Balaban J connectivity index is 2.09. The second kappa shape index (κ2) is 7.06. The average molecular weight is 223 g/mol. The smallest absolute Gasteiger partial charge is 0.217 e. The molecule has 0 fully saturated rings. The maximum atomic E-state index is 10.5. The lowest BCUT2D eigenvalue weighted by molar-refractivity contribution is -0.118. The van der Waals surface area contributed by atoms with E-state index < -0.39 is 0 Å². The fourth-order valence-electron chi connectivity index (χ4n) is 1.68. The Hall–Kier alpha value is -1.29. The fourth-order valence-corrected chi connectivity index (χ4v) is 1.68. The normalized spacial score (nSPS) is 10.6. The Morgan fingerprint density at radius 1 is 1.50 bits per heavy atom. The molecule has 1 aromatic heterocycles. The van der Waals surface area contributed by atoms with Crippen LogP contribution in [0.15, 0.2) is 18.3 Å². The predicted octanol–water partition coefficient (Wildman–Crippen LogP) is 1.25. The number of unbranched alkanes of at least 4 members (excludes halogenated alkanes) is 1. The number of hydrogen-bond acceptors (Lipinski definition) is 2. The van der Waals surface area contributed by atoms with Gasteiger partial charge in [-0.1, -0.05) is 0 Å². The number of aromatic nitrogens is 1. The van der Waals surface area contributed by atoms with Crippen LogP contribution in [0.3, 0.4) is 0 Å². The molecule has 1 aromatic rings. The molecule has 1 amide bonds. The third-order valence-electron chi connectivity index (χ3n) is 2.60. The minimum atomic E-state index is -0.208. The van der Waals surface area contributed by atoms with Gasteiger partial charge in [-0.25, -0.2) is 0 Å². The van der Waals surface area contributed by atoms with Crippen LogP contribution >= 0.6 is 0 Å². The van der Waals surface area contributed by atoms with Gasteiger partial charge in [0.05, 0.1) is 0 Å². The zero-order valence-corrected chi connectivity index (χ0v) is 9.91. The summed E-state index contributed by atoms with van der Waals surface area (Å²) in [5.74, 6) is -0.208. The van der Waals surface area contributed by atoms with Gasteiger partial charge < -0.3 is 15.6 Å². The van der Waals surface area contributed by atoms with Gasteiger partial charge in [0.1, 0.15) is 0 Å². The van der Waals surface area contributed by atoms with Gasteiger partial charge in [0, 0.05) is 31.4 Å². The van der Waals surface area contributed by atoms with E-state index in [2.05, 4.69) is 35.1 Å². The number of hydrogen-bond donors (Lipinski definition) is 2. The molecule has 0 saturated heterocycles. The zero-order chi connectivity index (χ0) is 11.8. The van der Waals surface area contributed by atoms with Crippen LogP contribution in [-0.4, -0.2) is 17.0 Å². The number of nitrogens with one attached hydrogen (secondary N) is 1. The molecule has 0 bridgehead atoms. The molecule has 0 radical (unpaired) electrons. The molecular formula is C12H21N3O. The first-order chi connectivity index (χ1) is 7.74. The van der Waals surface area contributed by atoms with E-state index in [-0.39, 0.29) is 5.91 Å². The van der Waals surface area contributed by atoms with Gasteiger partial charge in [-0.3, -0.25) is 4.79 Å². The molecular weight excluding hydrogens is 202 g/mol. The summed E-state index contributed by atoms with van der Waals surface area (Å²) in [6.45, 7) is 4.96. The number of amides is 1. The molecule has 1 rings (SSSR count). The van der Waals surface area contributed by atoms with Gasteiger partial charge in [-0.05, 0) is 38.4 Å². The zero-order valence-electron chi connectivity index (χ0n) is 9.91. The minimum absolute atomic E-state index is 0.208. The van der Waals surface area contributed by atoms with Crippen LogP contribution in [0.4, 0.5) is 0 Å². The van der Waals surface area contributed by atoms with Gasteiger partial charge >= 0.3 is 0 Å². The SMILES string of the molecule is CCn1cccc1CNCCCCC(N)=O. The van der Waals surface area contributed by atoms with Crippen molar-refractivity contribution in [1.82, 2.24) is 9.88 Å². The summed E-state index contributed by atoms with van der Waals surface area (Å²) in [7, 11) is 0. The van der Waals surface area contributed by atoms with Gasteiger partial charge in [-0.2, -0.15) is 0 Å². The Kier molecular flexibility index (Phi) is 5.64. The standard InChI is InChI=1S/C12H21N3O/c1-2-15-9-5-6-11(15)10-14-8-4-3-7-12(13)16/h5-6,9,14H,2-4,7-8,10H2,1H3,(H2,13,16). The monoisotopic (exact) mass is 223 g/mol. The summed E-state index contributed by atoms with van der Waals surface area (Å²) >= 11 is 0. The van der Waals surface area contributed by atoms with E-state index in [0.29, 0.717) is 6.42 Å². The molecule has 0 unspecified atom stereocenters. The summed E-state index contributed by atoms with van der Waals surface area (Å²) in [6, 6.07) is 4.19. The lowest BCUT2D eigenvalue weighted by Gasteiger charge is -2.07. The van der Waals surface area contributed by atoms with Crippen molar-refractivity contribution in [2.24, 2.45) is 5.73 Å². The average Bonchev–Trinajstić information content (AvgIpc) is 2.70. The van der Waals surface area contributed by atoms with Crippen molar-refractivity contribution >= 4 is 5.91 Å². The second-order valence-electron chi connectivity index (χ2n) is 3.89. The fraction of sp³-hybridized carbons (Fsp3) is 0.583. The first kappa shape index (κ1) is 12.8. The molecule has 3 N–H and O–H groups in total. The molecule has 0 aliphatic rings. The Morgan fingerprint density at radius 2 is 2.31 bits per heavy atom. The molecule has 0 atom stereocenters. The van der Waals surface area contributed by atoms with E-state index >= 15 is 0 Å². The van der Waals surface area contributed by atoms with Gasteiger partial charge in [0.25, 0.3) is 0 Å². The van der Waals surface area contributed by atoms with Crippen LogP contribution < -0.4 is 11.1 Å². The molecule has 1 heterocycles. The van der Waals surface area contributed by atoms with Gasteiger partial charge in [0.2, 0.25) is 5.91 Å². The number of carbonyl (C=O) groups is 1. The lowest BCUT2D eigenvalue weighted by Crippen LogP contribution is -2.18. The number of nitrogens with zero attached hydrogens (tertiary/aromatic N) is 1. The number of aryl methyl sites for hydroxylation is 1. The Bertz CT molecular complexity index is 320. The summed E-state index contributed by atoms with van der Waals surface area (Å²) in [5.41, 5.74) is 6.36. The molecule has 90 valence electrons. The first-order valence-corrected chi connectivity index (χ1v) is 5.87. The van der Waals surface area contributed by atoms with E-state index in [1.807, 2.05) is 0 Å². The highest BCUT2D eigenvalue weighted by Crippen LogP contribution is 2.01. The van der Waals surface area contributed by atoms with E-state index in [0.717, 1.165) is 32.5 Å². The van der Waals surface area contributed by atoms with Crippen LogP contribution in [0.25, 0.3) is 0 Å². The van der Waals surface area contributed by atoms with Crippen molar-refractivity contribution in [3.8, 4) is 0 Å². The van der Waals surface area contributed by atoms with E-state index in [4.69, 9.17) is 5.73 Å². The topological polar surface area (TPSA) is 60.1 Å². The molecule has 0 aliphatic heterocycles. The highest BCUT2D eigenvalue weighted by molar-refractivity contribution is 5.73. The van der Waals surface area contributed by atoms with Crippen LogP contribution in [-0.2, 0) is 17.9 Å². The Labute approximate surface area is 96.8 Å². The van der Waals surface area contributed by atoms with Crippen LogP contribution in [0, 0.1) is 0 Å². The van der Waals surface area contributed by atoms with E-state index in [9.17, 15) is 4.79 Å². The van der Waals surface area contributed by atoms with Crippen LogP contribution in [0.2, 0.25) is 0 Å². The van der Waals surface area contributed by atoms with Gasteiger partial charge in [-0.15, -0.1) is 0 Å². The highest BCUT2D eigenvalue weighted by Gasteiger charge is 1.98. The molecule has 0 saturated carbocycles. The van der Waals surface area contributed by atoms with Crippen molar-refractivity contribution < 1.29 is 4.79 Å². The maximum absolute atomic E-state index is 10.5. The molecule has 4 nitrogen and oxygen atoms in total. The Morgan fingerprint density at radius 3 is 3.00 bits per heavy atom. The van der Waals surface area contributed by atoms with Crippen molar-refractivity contribution in [3.63, 3.8) is 0 Å². The molecule has 4 heteroatoms. The molecule has 0 spiro atoms. The summed E-state index contributed by atoms with van der Waals surface area (Å²) < 4.78 is 2.22. The van der Waals surface area contributed by atoms with Crippen molar-refractivity contribution in [2.45, 2.75) is 39.3 Å². The summed E-state index contributed by atoms with van der Waals surface area (Å²) in [4.78, 5) is 10.5. The van der Waals surface area contributed by atoms with Gasteiger partial charge in [0.15, 0.2) is 0 Å². The molecule has 16 heavy (non-hydrogen) atoms. The summed E-state index contributed by atoms with van der Waals surface area (Å²) in [5, 5.41) is 3.36. The molecule has 0 aromatic carbocycles.